The molecule has 3 aliphatic rings. The minimum atomic E-state index is -0.666. The number of aromatic nitrogens is 1. The molecular formula is C18H27N3O4. The third-order valence-electron chi connectivity index (χ3n) is 6.42. The molecule has 2 atom stereocenters. The molecule has 2 saturated heterocycles. The van der Waals surface area contributed by atoms with E-state index >= 15 is 0 Å². The molecule has 3 fully saturated rings. The second-order valence-electron chi connectivity index (χ2n) is 7.92. The third kappa shape index (κ3) is 3.27. The fourth-order valence-electron chi connectivity index (χ4n) is 4.84. The van der Waals surface area contributed by atoms with E-state index in [1.54, 1.807) is 4.90 Å². The zero-order valence-corrected chi connectivity index (χ0v) is 14.6. The number of hydrogen-bond donors (Lipinski definition) is 2. The van der Waals surface area contributed by atoms with E-state index in [4.69, 9.17) is 4.52 Å². The van der Waals surface area contributed by atoms with Gasteiger partial charge in [-0.15, -0.1) is 0 Å². The Labute approximate surface area is 146 Å². The lowest BCUT2D eigenvalue weighted by Gasteiger charge is -2.52. The third-order valence-corrected chi connectivity index (χ3v) is 6.42. The summed E-state index contributed by atoms with van der Waals surface area (Å²) in [4.78, 5) is 28.0. The van der Waals surface area contributed by atoms with Gasteiger partial charge in [-0.1, -0.05) is 19.3 Å². The van der Waals surface area contributed by atoms with E-state index in [1.807, 2.05) is 0 Å². The molecule has 1 aliphatic carbocycles. The number of hydrogen-bond acceptors (Lipinski definition) is 5. The van der Waals surface area contributed by atoms with Crippen LogP contribution in [0.2, 0.25) is 0 Å². The average Bonchev–Trinajstić information content (AvgIpc) is 3.07. The van der Waals surface area contributed by atoms with Crippen LogP contribution in [0.15, 0.2) is 15.4 Å². The molecule has 1 aromatic rings. The van der Waals surface area contributed by atoms with Gasteiger partial charge in [-0.2, -0.15) is 5.16 Å². The summed E-state index contributed by atoms with van der Waals surface area (Å²) in [5, 5.41) is 13.2. The number of aliphatic hydroxyl groups is 1. The fourth-order valence-corrected chi connectivity index (χ4v) is 4.84. The second-order valence-corrected chi connectivity index (χ2v) is 7.92. The molecule has 2 aliphatic heterocycles. The van der Waals surface area contributed by atoms with Crippen molar-refractivity contribution in [3.63, 3.8) is 0 Å². The topological polar surface area (TPSA) is 89.8 Å². The Kier molecular flexibility index (Phi) is 4.45. The monoisotopic (exact) mass is 349 g/mol. The summed E-state index contributed by atoms with van der Waals surface area (Å²) >= 11 is 0. The highest BCUT2D eigenvalue weighted by atomic mass is 16.5. The maximum atomic E-state index is 12.6. The minimum Gasteiger partial charge on any atom is -0.389 e. The van der Waals surface area contributed by atoms with Crippen LogP contribution in [-0.2, 0) is 0 Å². The van der Waals surface area contributed by atoms with Crippen molar-refractivity contribution in [2.24, 2.45) is 5.92 Å². The van der Waals surface area contributed by atoms with Crippen LogP contribution in [0.25, 0.3) is 0 Å². The predicted octanol–water partition coefficient (Wildman–Crippen LogP) is 1.20. The van der Waals surface area contributed by atoms with Gasteiger partial charge < -0.3 is 14.5 Å². The van der Waals surface area contributed by atoms with Gasteiger partial charge in [-0.25, -0.2) is 0 Å². The van der Waals surface area contributed by atoms with Gasteiger partial charge in [0.25, 0.3) is 11.5 Å². The van der Waals surface area contributed by atoms with Crippen LogP contribution in [0, 0.1) is 5.92 Å². The van der Waals surface area contributed by atoms with Crippen molar-refractivity contribution in [2.75, 3.05) is 26.2 Å². The number of nitrogens with one attached hydrogen (secondary N) is 1. The minimum absolute atomic E-state index is 0.0513. The lowest BCUT2D eigenvalue weighted by Crippen LogP contribution is -2.62. The van der Waals surface area contributed by atoms with Crippen LogP contribution in [0.4, 0.5) is 0 Å². The van der Waals surface area contributed by atoms with E-state index in [1.165, 1.54) is 38.2 Å². The molecule has 1 amide bonds. The van der Waals surface area contributed by atoms with E-state index in [2.05, 4.69) is 10.1 Å². The Balaban J connectivity index is 1.45. The smallest absolute Gasteiger partial charge is 0.292 e. The fraction of sp³-hybridized carbons (Fsp3) is 0.778. The molecule has 138 valence electrons. The number of likely N-dealkylation sites (tertiary alicyclic amines) is 2. The SMILES string of the molecule is O=C(c1cc(=O)[nH]o1)N1CC[C@@]2(O)CCN(C3CCCCC3)C[C@H]2C1. The highest BCUT2D eigenvalue weighted by Crippen LogP contribution is 2.38. The standard InChI is InChI=1S/C18H27N3O4/c22-16-10-15(25-19-16)17(23)21-9-7-18(24)6-8-20(11-13(18)12-21)14-4-2-1-3-5-14/h10,13-14,24H,1-9,11-12H2,(H,19,22)/t13-,18-/m0/s1. The number of aromatic amines is 1. The number of rotatable bonds is 2. The zero-order valence-electron chi connectivity index (χ0n) is 14.6. The first-order chi connectivity index (χ1) is 12.0. The maximum Gasteiger partial charge on any atom is 0.292 e. The molecule has 0 spiro atoms. The number of H-pyrrole nitrogens is 1. The summed E-state index contributed by atoms with van der Waals surface area (Å²) in [5.74, 6) is -0.155. The molecule has 2 N–H and O–H groups in total. The Bertz CT molecular complexity index is 678. The summed E-state index contributed by atoms with van der Waals surface area (Å²) in [6, 6.07) is 1.82. The Hall–Kier alpha value is -1.60. The number of carbonyl (C=O) groups excluding carboxylic acids is 1. The van der Waals surface area contributed by atoms with Crippen molar-refractivity contribution >= 4 is 5.91 Å². The molecule has 0 aromatic carbocycles. The van der Waals surface area contributed by atoms with Crippen molar-refractivity contribution in [3.8, 4) is 0 Å². The highest BCUT2D eigenvalue weighted by Gasteiger charge is 2.47. The van der Waals surface area contributed by atoms with Crippen molar-refractivity contribution in [1.29, 1.82) is 0 Å². The van der Waals surface area contributed by atoms with E-state index in [0.29, 0.717) is 25.6 Å². The summed E-state index contributed by atoms with van der Waals surface area (Å²) < 4.78 is 4.96. The molecule has 0 unspecified atom stereocenters. The Morgan fingerprint density at radius 1 is 1.20 bits per heavy atom. The Morgan fingerprint density at radius 3 is 2.68 bits per heavy atom. The first-order valence-corrected chi connectivity index (χ1v) is 9.49. The summed E-state index contributed by atoms with van der Waals surface area (Å²) in [7, 11) is 0. The van der Waals surface area contributed by atoms with Crippen LogP contribution in [0.5, 0.6) is 0 Å². The maximum absolute atomic E-state index is 12.6. The van der Waals surface area contributed by atoms with Gasteiger partial charge in [0.2, 0.25) is 5.76 Å². The van der Waals surface area contributed by atoms with Gasteiger partial charge in [0.1, 0.15) is 0 Å². The van der Waals surface area contributed by atoms with Gasteiger partial charge in [0.15, 0.2) is 0 Å². The van der Waals surface area contributed by atoms with Crippen LogP contribution in [0.1, 0.15) is 55.5 Å². The lowest BCUT2D eigenvalue weighted by atomic mass is 9.74. The number of carbonyl (C=O) groups is 1. The molecule has 0 bridgehead atoms. The second kappa shape index (κ2) is 6.61. The molecule has 3 heterocycles. The largest absolute Gasteiger partial charge is 0.389 e. The molecule has 1 saturated carbocycles. The van der Waals surface area contributed by atoms with Gasteiger partial charge in [-0.05, 0) is 25.7 Å². The number of nitrogens with zero attached hydrogens (tertiary/aromatic N) is 2. The van der Waals surface area contributed by atoms with Crippen LogP contribution >= 0.6 is 0 Å². The summed E-state index contributed by atoms with van der Waals surface area (Å²) in [6.07, 6.45) is 7.82. The molecule has 25 heavy (non-hydrogen) atoms. The van der Waals surface area contributed by atoms with Gasteiger partial charge in [0, 0.05) is 38.1 Å². The number of piperidine rings is 2. The van der Waals surface area contributed by atoms with Crippen LogP contribution in [-0.4, -0.2) is 63.8 Å². The van der Waals surface area contributed by atoms with Crippen molar-refractivity contribution in [1.82, 2.24) is 15.0 Å². The molecule has 4 rings (SSSR count). The number of fused-ring (bicyclic) bond motifs is 1. The molecule has 1 aromatic heterocycles. The van der Waals surface area contributed by atoms with Crippen molar-refractivity contribution in [3.05, 3.63) is 22.2 Å². The number of amides is 1. The van der Waals surface area contributed by atoms with Crippen LogP contribution < -0.4 is 5.56 Å². The van der Waals surface area contributed by atoms with E-state index < -0.39 is 11.2 Å². The predicted molar refractivity (Wildman–Crippen MR) is 91.4 cm³/mol. The van der Waals surface area contributed by atoms with Gasteiger partial charge in [0.05, 0.1) is 11.7 Å². The lowest BCUT2D eigenvalue weighted by molar-refractivity contribution is -0.115. The molecular weight excluding hydrogens is 322 g/mol. The van der Waals surface area contributed by atoms with Crippen molar-refractivity contribution < 1.29 is 14.4 Å². The quantitative estimate of drug-likeness (QED) is 0.837. The molecule has 7 nitrogen and oxygen atoms in total. The normalized spacial score (nSPS) is 31.7. The van der Waals surface area contributed by atoms with Gasteiger partial charge >= 0.3 is 0 Å². The van der Waals surface area contributed by atoms with E-state index in [9.17, 15) is 14.7 Å². The summed E-state index contributed by atoms with van der Waals surface area (Å²) in [5.41, 5.74) is -1.07. The Morgan fingerprint density at radius 2 is 1.96 bits per heavy atom. The molecule has 0 radical (unpaired) electrons. The van der Waals surface area contributed by atoms with E-state index in [0.717, 1.165) is 19.5 Å². The average molecular weight is 349 g/mol. The first-order valence-electron chi connectivity index (χ1n) is 9.49. The van der Waals surface area contributed by atoms with E-state index in [-0.39, 0.29) is 17.6 Å². The highest BCUT2D eigenvalue weighted by molar-refractivity contribution is 5.91. The zero-order chi connectivity index (χ0) is 17.4. The first kappa shape index (κ1) is 16.8. The van der Waals surface area contributed by atoms with Gasteiger partial charge in [-0.3, -0.25) is 14.5 Å². The van der Waals surface area contributed by atoms with Crippen LogP contribution in [0.3, 0.4) is 0 Å². The summed E-state index contributed by atoms with van der Waals surface area (Å²) in [6.45, 7) is 2.83. The molecule has 7 heteroatoms. The van der Waals surface area contributed by atoms with Crippen molar-refractivity contribution in [2.45, 2.75) is 56.6 Å².